The van der Waals surface area contributed by atoms with E-state index in [1.54, 1.807) is 0 Å². The van der Waals surface area contributed by atoms with Crippen LogP contribution in [0.5, 0.6) is 0 Å². The number of hydrogen-bond acceptors (Lipinski definition) is 3. The van der Waals surface area contributed by atoms with E-state index >= 15 is 0 Å². The van der Waals surface area contributed by atoms with Crippen LogP contribution in [-0.2, 0) is 10.0 Å². The summed E-state index contributed by atoms with van der Waals surface area (Å²) in [5.74, 6) is -1.78. The fourth-order valence-electron chi connectivity index (χ4n) is 1.94. The van der Waals surface area contributed by atoms with Crippen molar-refractivity contribution in [1.82, 2.24) is 9.62 Å². The van der Waals surface area contributed by atoms with Crippen molar-refractivity contribution < 1.29 is 17.2 Å². The number of nitrogens with one attached hydrogen (secondary N) is 1. The molecule has 1 aromatic carbocycles. The standard InChI is InChI=1S/C11H14F2N2O2S.ClH/c1-8-7-15(3-2-14-8)18(16,17)11-5-9(12)4-10(13)6-11;/h4-6,8,14H,2-3,7H2,1H3;1H. The van der Waals surface area contributed by atoms with Gasteiger partial charge in [0.15, 0.2) is 0 Å². The summed E-state index contributed by atoms with van der Waals surface area (Å²) in [5.41, 5.74) is 0. The van der Waals surface area contributed by atoms with E-state index in [1.807, 2.05) is 6.92 Å². The van der Waals surface area contributed by atoms with Gasteiger partial charge in [0.05, 0.1) is 4.90 Å². The minimum Gasteiger partial charge on any atom is -0.312 e. The van der Waals surface area contributed by atoms with Crippen molar-refractivity contribution in [2.45, 2.75) is 17.9 Å². The molecular weight excluding hydrogens is 298 g/mol. The lowest BCUT2D eigenvalue weighted by Crippen LogP contribution is -2.51. The maximum absolute atomic E-state index is 13.1. The fraction of sp³-hybridized carbons (Fsp3) is 0.455. The molecule has 4 nitrogen and oxygen atoms in total. The molecule has 1 aliphatic rings. The van der Waals surface area contributed by atoms with Crippen molar-refractivity contribution in [2.75, 3.05) is 19.6 Å². The molecule has 0 aliphatic carbocycles. The van der Waals surface area contributed by atoms with E-state index in [9.17, 15) is 17.2 Å². The van der Waals surface area contributed by atoms with Crippen LogP contribution in [0.15, 0.2) is 23.1 Å². The molecule has 1 atom stereocenters. The molecule has 8 heteroatoms. The molecule has 0 spiro atoms. The highest BCUT2D eigenvalue weighted by Crippen LogP contribution is 2.19. The van der Waals surface area contributed by atoms with Crippen LogP contribution in [0, 0.1) is 11.6 Å². The molecular formula is C11H15ClF2N2O2S. The first-order valence-corrected chi connectivity index (χ1v) is 7.03. The van der Waals surface area contributed by atoms with Crippen molar-refractivity contribution in [1.29, 1.82) is 0 Å². The second-order valence-corrected chi connectivity index (χ2v) is 6.26. The predicted octanol–water partition coefficient (Wildman–Crippen LogP) is 1.37. The van der Waals surface area contributed by atoms with Gasteiger partial charge in [0, 0.05) is 31.7 Å². The Labute approximate surface area is 117 Å². The molecule has 1 heterocycles. The first kappa shape index (κ1) is 16.3. The lowest BCUT2D eigenvalue weighted by molar-refractivity contribution is 0.310. The molecule has 0 saturated carbocycles. The van der Waals surface area contributed by atoms with Gasteiger partial charge < -0.3 is 5.32 Å². The predicted molar refractivity (Wildman–Crippen MR) is 69.8 cm³/mol. The van der Waals surface area contributed by atoms with Gasteiger partial charge in [-0.3, -0.25) is 0 Å². The van der Waals surface area contributed by atoms with Gasteiger partial charge >= 0.3 is 0 Å². The van der Waals surface area contributed by atoms with Crippen molar-refractivity contribution in [3.8, 4) is 0 Å². The summed E-state index contributed by atoms with van der Waals surface area (Å²) in [6.07, 6.45) is 0. The van der Waals surface area contributed by atoms with Crippen LogP contribution in [0.2, 0.25) is 0 Å². The van der Waals surface area contributed by atoms with Crippen molar-refractivity contribution in [3.63, 3.8) is 0 Å². The number of piperazine rings is 1. The van der Waals surface area contributed by atoms with Gasteiger partial charge in [0.2, 0.25) is 10.0 Å². The van der Waals surface area contributed by atoms with Crippen LogP contribution in [0.25, 0.3) is 0 Å². The highest BCUT2D eigenvalue weighted by molar-refractivity contribution is 7.89. The molecule has 1 saturated heterocycles. The third-order valence-electron chi connectivity index (χ3n) is 2.81. The van der Waals surface area contributed by atoms with Gasteiger partial charge in [-0.05, 0) is 19.1 Å². The summed E-state index contributed by atoms with van der Waals surface area (Å²) in [5, 5.41) is 3.10. The Hall–Kier alpha value is -0.760. The molecule has 2 rings (SSSR count). The summed E-state index contributed by atoms with van der Waals surface area (Å²) in [6, 6.07) is 2.35. The number of halogens is 3. The number of sulfonamides is 1. The topological polar surface area (TPSA) is 49.4 Å². The highest BCUT2D eigenvalue weighted by atomic mass is 35.5. The van der Waals surface area contributed by atoms with E-state index in [0.717, 1.165) is 12.1 Å². The first-order valence-electron chi connectivity index (χ1n) is 5.59. The van der Waals surface area contributed by atoms with Crippen LogP contribution in [0.1, 0.15) is 6.92 Å². The average molecular weight is 313 g/mol. The summed E-state index contributed by atoms with van der Waals surface area (Å²) in [7, 11) is -3.83. The van der Waals surface area contributed by atoms with Crippen LogP contribution >= 0.6 is 12.4 Å². The summed E-state index contributed by atoms with van der Waals surface area (Å²) in [6.45, 7) is 2.97. The van der Waals surface area contributed by atoms with Crippen LogP contribution in [-0.4, -0.2) is 38.4 Å². The largest absolute Gasteiger partial charge is 0.312 e. The molecule has 19 heavy (non-hydrogen) atoms. The van der Waals surface area contributed by atoms with Gasteiger partial charge in [-0.1, -0.05) is 0 Å². The van der Waals surface area contributed by atoms with Crippen molar-refractivity contribution in [3.05, 3.63) is 29.8 Å². The SMILES string of the molecule is CC1CN(S(=O)(=O)c2cc(F)cc(F)c2)CCN1.Cl. The minimum absolute atomic E-state index is 0. The highest BCUT2D eigenvalue weighted by Gasteiger charge is 2.29. The van der Waals surface area contributed by atoms with Crippen LogP contribution in [0.4, 0.5) is 8.78 Å². The zero-order valence-electron chi connectivity index (χ0n) is 10.3. The van der Waals surface area contributed by atoms with Crippen LogP contribution in [0.3, 0.4) is 0 Å². The lowest BCUT2D eigenvalue weighted by atomic mass is 10.3. The van der Waals surface area contributed by atoms with E-state index < -0.39 is 21.7 Å². The lowest BCUT2D eigenvalue weighted by Gasteiger charge is -2.30. The van der Waals surface area contributed by atoms with Gasteiger partial charge in [-0.25, -0.2) is 17.2 Å². The van der Waals surface area contributed by atoms with Gasteiger partial charge in [-0.2, -0.15) is 4.31 Å². The number of rotatable bonds is 2. The maximum atomic E-state index is 13.1. The second kappa shape index (κ2) is 6.13. The van der Waals surface area contributed by atoms with E-state index in [0.29, 0.717) is 25.7 Å². The molecule has 108 valence electrons. The van der Waals surface area contributed by atoms with Gasteiger partial charge in [-0.15, -0.1) is 12.4 Å². The third-order valence-corrected chi connectivity index (χ3v) is 4.65. The van der Waals surface area contributed by atoms with Crippen molar-refractivity contribution in [2.24, 2.45) is 0 Å². The fourth-order valence-corrected chi connectivity index (χ4v) is 3.51. The minimum atomic E-state index is -3.83. The summed E-state index contributed by atoms with van der Waals surface area (Å²) in [4.78, 5) is -0.339. The molecule has 0 aromatic heterocycles. The van der Waals surface area contributed by atoms with Crippen molar-refractivity contribution >= 4 is 22.4 Å². The molecule has 1 N–H and O–H groups in total. The van der Waals surface area contributed by atoms with Gasteiger partial charge in [0.25, 0.3) is 0 Å². The first-order chi connectivity index (χ1) is 8.39. The zero-order chi connectivity index (χ0) is 13.3. The smallest absolute Gasteiger partial charge is 0.243 e. The Morgan fingerprint density at radius 3 is 2.37 bits per heavy atom. The molecule has 1 unspecified atom stereocenters. The van der Waals surface area contributed by atoms with E-state index in [4.69, 9.17) is 0 Å². The van der Waals surface area contributed by atoms with Crippen LogP contribution < -0.4 is 5.32 Å². The third kappa shape index (κ3) is 3.62. The molecule has 1 aliphatic heterocycles. The maximum Gasteiger partial charge on any atom is 0.243 e. The zero-order valence-corrected chi connectivity index (χ0v) is 11.9. The Morgan fingerprint density at radius 2 is 1.84 bits per heavy atom. The molecule has 1 fully saturated rings. The molecule has 0 bridgehead atoms. The normalized spacial score (nSPS) is 20.9. The van der Waals surface area contributed by atoms with Gasteiger partial charge in [0.1, 0.15) is 11.6 Å². The Balaban J connectivity index is 0.00000180. The van der Waals surface area contributed by atoms with E-state index in [2.05, 4.69) is 5.32 Å². The number of nitrogens with zero attached hydrogens (tertiary/aromatic N) is 1. The quantitative estimate of drug-likeness (QED) is 0.897. The number of hydrogen-bond donors (Lipinski definition) is 1. The second-order valence-electron chi connectivity index (χ2n) is 4.32. The number of benzene rings is 1. The van der Waals surface area contributed by atoms with E-state index in [1.165, 1.54) is 4.31 Å². The van der Waals surface area contributed by atoms with E-state index in [-0.39, 0.29) is 23.3 Å². The Bertz CT molecular complexity index is 533. The average Bonchev–Trinajstić information content (AvgIpc) is 2.27. The molecule has 0 amide bonds. The molecule has 1 aromatic rings. The monoisotopic (exact) mass is 312 g/mol. The molecule has 0 radical (unpaired) electrons. The Kier molecular flexibility index (Phi) is 5.26. The summed E-state index contributed by atoms with van der Waals surface area (Å²) < 4.78 is 51.8. The Morgan fingerprint density at radius 1 is 1.26 bits per heavy atom. The summed E-state index contributed by atoms with van der Waals surface area (Å²) >= 11 is 0.